The van der Waals surface area contributed by atoms with E-state index >= 15 is 0 Å². The normalized spacial score (nSPS) is 11.2. The third-order valence-electron chi connectivity index (χ3n) is 3.93. The van der Waals surface area contributed by atoms with Gasteiger partial charge in [-0.3, -0.25) is 4.79 Å². The molecule has 1 aromatic heterocycles. The number of rotatable bonds is 11. The van der Waals surface area contributed by atoms with Crippen LogP contribution in [-0.2, 0) is 21.2 Å². The fourth-order valence-electron chi connectivity index (χ4n) is 2.53. The van der Waals surface area contributed by atoms with E-state index in [-0.39, 0.29) is 23.2 Å². The SMILES string of the molecule is C=CCN(CC(=O)NCCc1ccc(OC)c(OC)c1)S(=O)(=O)c1cccs1. The van der Waals surface area contributed by atoms with Gasteiger partial charge in [-0.25, -0.2) is 8.42 Å². The van der Waals surface area contributed by atoms with Gasteiger partial charge in [0.25, 0.3) is 10.0 Å². The molecule has 2 aromatic rings. The molecule has 2 rings (SSSR count). The molecule has 7 nitrogen and oxygen atoms in total. The lowest BCUT2D eigenvalue weighted by Crippen LogP contribution is -2.41. The smallest absolute Gasteiger partial charge is 0.253 e. The predicted molar refractivity (Wildman–Crippen MR) is 110 cm³/mol. The highest BCUT2D eigenvalue weighted by Crippen LogP contribution is 2.27. The Morgan fingerprint density at radius 2 is 2.00 bits per heavy atom. The van der Waals surface area contributed by atoms with Crippen molar-refractivity contribution in [1.82, 2.24) is 9.62 Å². The van der Waals surface area contributed by atoms with Crippen molar-refractivity contribution < 1.29 is 22.7 Å². The lowest BCUT2D eigenvalue weighted by atomic mass is 10.1. The predicted octanol–water partition coefficient (Wildman–Crippen LogP) is 2.30. The van der Waals surface area contributed by atoms with E-state index in [1.807, 2.05) is 12.1 Å². The Bertz CT molecular complexity index is 895. The number of thiophene rings is 1. The van der Waals surface area contributed by atoms with E-state index in [2.05, 4.69) is 11.9 Å². The summed E-state index contributed by atoms with van der Waals surface area (Å²) in [6.07, 6.45) is 2.04. The lowest BCUT2D eigenvalue weighted by molar-refractivity contribution is -0.121. The number of nitrogens with one attached hydrogen (secondary N) is 1. The monoisotopic (exact) mass is 424 g/mol. The number of amides is 1. The van der Waals surface area contributed by atoms with Crippen LogP contribution in [0.25, 0.3) is 0 Å². The fourth-order valence-corrected chi connectivity index (χ4v) is 5.04. The minimum absolute atomic E-state index is 0.0589. The molecule has 0 aliphatic carbocycles. The number of carbonyl (C=O) groups is 1. The Balaban J connectivity index is 1.94. The number of carbonyl (C=O) groups excluding carboxylic acids is 1. The van der Waals surface area contributed by atoms with Crippen molar-refractivity contribution in [3.05, 3.63) is 53.9 Å². The summed E-state index contributed by atoms with van der Waals surface area (Å²) in [5.41, 5.74) is 0.965. The van der Waals surface area contributed by atoms with Crippen LogP contribution < -0.4 is 14.8 Å². The number of benzene rings is 1. The van der Waals surface area contributed by atoms with Crippen LogP contribution >= 0.6 is 11.3 Å². The van der Waals surface area contributed by atoms with Gasteiger partial charge in [0.2, 0.25) is 5.91 Å². The van der Waals surface area contributed by atoms with Crippen LogP contribution in [0.2, 0.25) is 0 Å². The maximum absolute atomic E-state index is 12.6. The standard InChI is InChI=1S/C19H24N2O5S2/c1-4-11-21(28(23,24)19-6-5-12-27-19)14-18(22)20-10-9-15-7-8-16(25-2)17(13-15)26-3/h4-8,12-13H,1,9-11,14H2,2-3H3,(H,20,22). The summed E-state index contributed by atoms with van der Waals surface area (Å²) >= 11 is 1.11. The van der Waals surface area contributed by atoms with Gasteiger partial charge in [0.05, 0.1) is 20.8 Å². The summed E-state index contributed by atoms with van der Waals surface area (Å²) in [4.78, 5) is 12.3. The zero-order chi connectivity index (χ0) is 20.6. The molecule has 0 saturated heterocycles. The van der Waals surface area contributed by atoms with Crippen LogP contribution in [0.15, 0.2) is 52.6 Å². The molecule has 9 heteroatoms. The molecule has 0 bridgehead atoms. The van der Waals surface area contributed by atoms with Crippen molar-refractivity contribution in [3.8, 4) is 11.5 Å². The fraction of sp³-hybridized carbons (Fsp3) is 0.316. The topological polar surface area (TPSA) is 84.9 Å². The summed E-state index contributed by atoms with van der Waals surface area (Å²) < 4.78 is 37.0. The molecular formula is C19H24N2O5S2. The number of hydrogen-bond donors (Lipinski definition) is 1. The Kier molecular flexibility index (Phi) is 8.04. The van der Waals surface area contributed by atoms with Crippen LogP contribution in [0.3, 0.4) is 0 Å². The van der Waals surface area contributed by atoms with Crippen LogP contribution in [0.1, 0.15) is 5.56 Å². The Morgan fingerprint density at radius 1 is 1.25 bits per heavy atom. The number of nitrogens with zero attached hydrogens (tertiary/aromatic N) is 1. The lowest BCUT2D eigenvalue weighted by Gasteiger charge is -2.19. The largest absolute Gasteiger partial charge is 0.493 e. The Labute approximate surface area is 169 Å². The summed E-state index contributed by atoms with van der Waals surface area (Å²) in [7, 11) is -0.592. The molecule has 1 aromatic carbocycles. The van der Waals surface area contributed by atoms with E-state index in [1.165, 1.54) is 12.1 Å². The van der Waals surface area contributed by atoms with Crippen LogP contribution in [0, 0.1) is 0 Å². The first-order chi connectivity index (χ1) is 13.4. The molecule has 0 saturated carbocycles. The van der Waals surface area contributed by atoms with Gasteiger partial charge < -0.3 is 14.8 Å². The van der Waals surface area contributed by atoms with Crippen molar-refractivity contribution in [2.75, 3.05) is 33.9 Å². The van der Waals surface area contributed by atoms with Crippen molar-refractivity contribution in [3.63, 3.8) is 0 Å². The van der Waals surface area contributed by atoms with Gasteiger partial charge in [-0.1, -0.05) is 18.2 Å². The highest BCUT2D eigenvalue weighted by Gasteiger charge is 2.26. The molecule has 0 aliphatic rings. The quantitative estimate of drug-likeness (QED) is 0.560. The molecule has 28 heavy (non-hydrogen) atoms. The Hall–Kier alpha value is -2.36. The summed E-state index contributed by atoms with van der Waals surface area (Å²) in [6, 6.07) is 8.71. The van der Waals surface area contributed by atoms with E-state index in [4.69, 9.17) is 9.47 Å². The number of ether oxygens (including phenoxy) is 2. The van der Waals surface area contributed by atoms with Gasteiger partial charge in [0.1, 0.15) is 4.21 Å². The third kappa shape index (κ3) is 5.57. The van der Waals surface area contributed by atoms with Crippen LogP contribution in [-0.4, -0.2) is 52.5 Å². The van der Waals surface area contributed by atoms with Gasteiger partial charge in [-0.15, -0.1) is 17.9 Å². The molecule has 1 heterocycles. The molecule has 1 amide bonds. The molecule has 0 fully saturated rings. The van der Waals surface area contributed by atoms with E-state index in [9.17, 15) is 13.2 Å². The van der Waals surface area contributed by atoms with Crippen LogP contribution in [0.5, 0.6) is 11.5 Å². The molecule has 0 atom stereocenters. The third-order valence-corrected chi connectivity index (χ3v) is 7.11. The van der Waals surface area contributed by atoms with Gasteiger partial charge >= 0.3 is 0 Å². The van der Waals surface area contributed by atoms with E-state index < -0.39 is 10.0 Å². The zero-order valence-electron chi connectivity index (χ0n) is 15.9. The first-order valence-electron chi connectivity index (χ1n) is 8.54. The van der Waals surface area contributed by atoms with E-state index in [1.54, 1.807) is 31.7 Å². The average Bonchev–Trinajstić information content (AvgIpc) is 3.23. The van der Waals surface area contributed by atoms with Crippen molar-refractivity contribution >= 4 is 27.3 Å². The maximum atomic E-state index is 12.6. The van der Waals surface area contributed by atoms with Gasteiger partial charge in [-0.05, 0) is 35.6 Å². The molecule has 0 radical (unpaired) electrons. The highest BCUT2D eigenvalue weighted by atomic mass is 32.2. The first-order valence-corrected chi connectivity index (χ1v) is 10.9. The second kappa shape index (κ2) is 10.3. The molecular weight excluding hydrogens is 400 g/mol. The minimum atomic E-state index is -3.72. The first kappa shape index (κ1) is 21.9. The zero-order valence-corrected chi connectivity index (χ0v) is 17.5. The van der Waals surface area contributed by atoms with Crippen LogP contribution in [0.4, 0.5) is 0 Å². The number of sulfonamides is 1. The van der Waals surface area contributed by atoms with Gasteiger partial charge in [-0.2, -0.15) is 4.31 Å². The van der Waals surface area contributed by atoms with Gasteiger partial charge in [0, 0.05) is 13.1 Å². The average molecular weight is 425 g/mol. The van der Waals surface area contributed by atoms with E-state index in [0.29, 0.717) is 24.5 Å². The second-order valence-electron chi connectivity index (χ2n) is 5.81. The van der Waals surface area contributed by atoms with Crippen molar-refractivity contribution in [1.29, 1.82) is 0 Å². The molecule has 152 valence electrons. The summed E-state index contributed by atoms with van der Waals surface area (Å²) in [5.74, 6) is 0.877. The summed E-state index contributed by atoms with van der Waals surface area (Å²) in [6.45, 7) is 3.74. The molecule has 1 N–H and O–H groups in total. The molecule has 0 unspecified atom stereocenters. The maximum Gasteiger partial charge on any atom is 0.253 e. The highest BCUT2D eigenvalue weighted by molar-refractivity contribution is 7.91. The number of hydrogen-bond acceptors (Lipinski definition) is 6. The second-order valence-corrected chi connectivity index (χ2v) is 8.92. The van der Waals surface area contributed by atoms with Crippen molar-refractivity contribution in [2.45, 2.75) is 10.6 Å². The van der Waals surface area contributed by atoms with Crippen molar-refractivity contribution in [2.24, 2.45) is 0 Å². The van der Waals surface area contributed by atoms with E-state index in [0.717, 1.165) is 21.2 Å². The van der Waals surface area contributed by atoms with Gasteiger partial charge in [0.15, 0.2) is 11.5 Å². The molecule has 0 aliphatic heterocycles. The molecule has 0 spiro atoms. The number of methoxy groups -OCH3 is 2. The minimum Gasteiger partial charge on any atom is -0.493 e. The summed E-state index contributed by atoms with van der Waals surface area (Å²) in [5, 5.41) is 4.44. The Morgan fingerprint density at radius 3 is 2.61 bits per heavy atom.